The van der Waals surface area contributed by atoms with Crippen molar-refractivity contribution in [3.63, 3.8) is 0 Å². The maximum Gasteiger partial charge on any atom is 0.228 e. The van der Waals surface area contributed by atoms with Gasteiger partial charge in [0.15, 0.2) is 5.82 Å². The van der Waals surface area contributed by atoms with Crippen molar-refractivity contribution in [1.82, 2.24) is 24.9 Å². The molecule has 24 heavy (non-hydrogen) atoms. The molecule has 0 saturated carbocycles. The normalized spacial score (nSPS) is 15.8. The molecule has 2 aromatic rings. The summed E-state index contributed by atoms with van der Waals surface area (Å²) in [6.07, 6.45) is 2.08. The summed E-state index contributed by atoms with van der Waals surface area (Å²) in [6, 6.07) is 0. The molecule has 0 spiro atoms. The number of amides is 1. The van der Waals surface area contributed by atoms with E-state index >= 15 is 0 Å². The van der Waals surface area contributed by atoms with E-state index in [9.17, 15) is 4.79 Å². The van der Waals surface area contributed by atoms with Crippen LogP contribution in [0, 0.1) is 0 Å². The largest absolute Gasteiger partial charge is 0.340 e. The number of piperazine rings is 1. The zero-order valence-electron chi connectivity index (χ0n) is 14.2. The average Bonchev–Trinajstić information content (AvgIpc) is 3.24. The Morgan fingerprint density at radius 3 is 2.62 bits per heavy atom. The zero-order chi connectivity index (χ0) is 16.9. The smallest absolute Gasteiger partial charge is 0.228 e. The molecule has 1 aliphatic heterocycles. The minimum absolute atomic E-state index is 0.162. The van der Waals surface area contributed by atoms with E-state index in [1.807, 2.05) is 17.2 Å². The van der Waals surface area contributed by atoms with Crippen LogP contribution in [0.25, 0.3) is 0 Å². The number of aryl methyl sites for hydroxylation is 2. The third-order valence-electron chi connectivity index (χ3n) is 4.14. The zero-order valence-corrected chi connectivity index (χ0v) is 15.0. The molecule has 130 valence electrons. The van der Waals surface area contributed by atoms with Gasteiger partial charge in [0.2, 0.25) is 11.8 Å². The van der Waals surface area contributed by atoms with Crippen molar-refractivity contribution >= 4 is 17.2 Å². The first-order valence-corrected chi connectivity index (χ1v) is 9.30. The third-order valence-corrected chi connectivity index (χ3v) is 5.18. The molecule has 1 amide bonds. The fourth-order valence-corrected chi connectivity index (χ4v) is 3.46. The number of carbonyl (C=O) groups excluding carboxylic acids is 1. The van der Waals surface area contributed by atoms with Gasteiger partial charge in [-0.15, -0.1) is 11.3 Å². The molecule has 3 rings (SSSR count). The Hall–Kier alpha value is -1.80. The molecule has 3 heterocycles. The van der Waals surface area contributed by atoms with Crippen molar-refractivity contribution in [3.8, 4) is 0 Å². The molecule has 1 fully saturated rings. The summed E-state index contributed by atoms with van der Waals surface area (Å²) in [4.78, 5) is 25.4. The number of carbonyl (C=O) groups is 1. The lowest BCUT2D eigenvalue weighted by Gasteiger charge is -2.34. The Morgan fingerprint density at radius 1 is 1.21 bits per heavy atom. The van der Waals surface area contributed by atoms with Crippen LogP contribution in [0.5, 0.6) is 0 Å². The van der Waals surface area contributed by atoms with Crippen LogP contribution in [0.2, 0.25) is 0 Å². The van der Waals surface area contributed by atoms with E-state index in [0.29, 0.717) is 18.9 Å². The number of aromatic nitrogens is 3. The summed E-state index contributed by atoms with van der Waals surface area (Å²) in [5, 5.41) is 7.07. The number of nitrogens with zero attached hydrogens (tertiary/aromatic N) is 5. The van der Waals surface area contributed by atoms with Gasteiger partial charge in [-0.2, -0.15) is 4.98 Å². The highest BCUT2D eigenvalue weighted by Crippen LogP contribution is 2.13. The molecule has 2 aromatic heterocycles. The van der Waals surface area contributed by atoms with Crippen molar-refractivity contribution in [2.45, 2.75) is 39.7 Å². The van der Waals surface area contributed by atoms with Gasteiger partial charge >= 0.3 is 0 Å². The second-order valence-electron chi connectivity index (χ2n) is 5.88. The van der Waals surface area contributed by atoms with E-state index in [4.69, 9.17) is 4.52 Å². The van der Waals surface area contributed by atoms with E-state index in [1.54, 1.807) is 11.3 Å². The van der Waals surface area contributed by atoms with Gasteiger partial charge in [0.05, 0.1) is 23.7 Å². The summed E-state index contributed by atoms with van der Waals surface area (Å²) < 4.78 is 5.13. The van der Waals surface area contributed by atoms with Crippen LogP contribution in [-0.2, 0) is 30.6 Å². The molecule has 1 aliphatic rings. The first kappa shape index (κ1) is 17.0. The Bertz CT molecular complexity index is 676. The van der Waals surface area contributed by atoms with Crippen molar-refractivity contribution in [3.05, 3.63) is 27.8 Å². The predicted molar refractivity (Wildman–Crippen MR) is 90.7 cm³/mol. The maximum absolute atomic E-state index is 12.4. The molecular weight excluding hydrogens is 326 g/mol. The topological polar surface area (TPSA) is 75.4 Å². The number of rotatable bonds is 6. The van der Waals surface area contributed by atoms with Crippen molar-refractivity contribution < 1.29 is 9.32 Å². The Balaban J connectivity index is 1.46. The van der Waals surface area contributed by atoms with Gasteiger partial charge in [-0.1, -0.05) is 19.0 Å². The van der Waals surface area contributed by atoms with Gasteiger partial charge in [-0.25, -0.2) is 4.98 Å². The molecule has 0 radical (unpaired) electrons. The van der Waals surface area contributed by atoms with E-state index in [-0.39, 0.29) is 5.91 Å². The highest BCUT2D eigenvalue weighted by molar-refractivity contribution is 7.09. The van der Waals surface area contributed by atoms with Gasteiger partial charge in [0.1, 0.15) is 0 Å². The molecule has 0 bridgehead atoms. The summed E-state index contributed by atoms with van der Waals surface area (Å²) in [7, 11) is 0. The van der Waals surface area contributed by atoms with Gasteiger partial charge in [-0.3, -0.25) is 9.69 Å². The minimum Gasteiger partial charge on any atom is -0.340 e. The summed E-state index contributed by atoms with van der Waals surface area (Å²) in [5.74, 6) is 1.56. The van der Waals surface area contributed by atoms with Crippen molar-refractivity contribution in [2.24, 2.45) is 0 Å². The minimum atomic E-state index is 0.162. The van der Waals surface area contributed by atoms with Gasteiger partial charge in [-0.05, 0) is 6.42 Å². The molecule has 0 aliphatic carbocycles. The number of hydrogen-bond acceptors (Lipinski definition) is 7. The third kappa shape index (κ3) is 4.18. The van der Waals surface area contributed by atoms with Crippen LogP contribution in [0.4, 0.5) is 0 Å². The lowest BCUT2D eigenvalue weighted by atomic mass is 10.2. The van der Waals surface area contributed by atoms with Gasteiger partial charge in [0, 0.05) is 38.0 Å². The highest BCUT2D eigenvalue weighted by atomic mass is 32.1. The van der Waals surface area contributed by atoms with Crippen LogP contribution in [0.1, 0.15) is 36.3 Å². The average molecular weight is 349 g/mol. The first-order valence-electron chi connectivity index (χ1n) is 8.42. The van der Waals surface area contributed by atoms with Crippen LogP contribution in [-0.4, -0.2) is 57.0 Å². The first-order chi connectivity index (χ1) is 11.7. The number of hydrogen-bond donors (Lipinski definition) is 0. The van der Waals surface area contributed by atoms with Crippen molar-refractivity contribution in [2.75, 3.05) is 26.2 Å². The Labute approximate surface area is 145 Å². The van der Waals surface area contributed by atoms with Crippen LogP contribution < -0.4 is 0 Å². The molecular formula is C16H23N5O2S. The van der Waals surface area contributed by atoms with Gasteiger partial charge < -0.3 is 9.42 Å². The quantitative estimate of drug-likeness (QED) is 0.787. The van der Waals surface area contributed by atoms with Crippen LogP contribution >= 0.6 is 11.3 Å². The predicted octanol–water partition coefficient (Wildman–Crippen LogP) is 1.54. The van der Waals surface area contributed by atoms with Gasteiger partial charge in [0.25, 0.3) is 0 Å². The summed E-state index contributed by atoms with van der Waals surface area (Å²) in [5.41, 5.74) is 0.892. The van der Waals surface area contributed by atoms with E-state index in [0.717, 1.165) is 55.5 Å². The molecule has 0 unspecified atom stereocenters. The fraction of sp³-hybridized carbons (Fsp3) is 0.625. The van der Waals surface area contributed by atoms with Crippen LogP contribution in [0.15, 0.2) is 9.90 Å². The van der Waals surface area contributed by atoms with E-state index in [1.165, 1.54) is 0 Å². The molecule has 0 aromatic carbocycles. The van der Waals surface area contributed by atoms with Crippen molar-refractivity contribution in [1.29, 1.82) is 0 Å². The standard InChI is InChI=1S/C16H23N5O2S/c1-3-14-18-13(19-23-14)10-20-5-7-21(8-6-20)16(22)9-12-11-24-15(4-2)17-12/h11H,3-10H2,1-2H3. The fourth-order valence-electron chi connectivity index (χ4n) is 2.71. The summed E-state index contributed by atoms with van der Waals surface area (Å²) in [6.45, 7) is 7.89. The molecule has 1 saturated heterocycles. The highest BCUT2D eigenvalue weighted by Gasteiger charge is 2.22. The monoisotopic (exact) mass is 349 g/mol. The van der Waals surface area contributed by atoms with E-state index < -0.39 is 0 Å². The Kier molecular flexibility index (Phi) is 5.57. The molecule has 7 nitrogen and oxygen atoms in total. The second-order valence-corrected chi connectivity index (χ2v) is 6.82. The molecule has 8 heteroatoms. The lowest BCUT2D eigenvalue weighted by molar-refractivity contribution is -0.132. The number of thiazole rings is 1. The Morgan fingerprint density at radius 2 is 2.00 bits per heavy atom. The molecule has 0 N–H and O–H groups in total. The summed E-state index contributed by atoms with van der Waals surface area (Å²) >= 11 is 1.63. The van der Waals surface area contributed by atoms with Crippen LogP contribution in [0.3, 0.4) is 0 Å². The van der Waals surface area contributed by atoms with E-state index in [2.05, 4.69) is 26.9 Å². The second kappa shape index (κ2) is 7.85. The molecule has 0 atom stereocenters. The SMILES string of the molecule is CCc1nc(CN2CCN(C(=O)Cc3csc(CC)n3)CC2)no1. The maximum atomic E-state index is 12.4. The lowest BCUT2D eigenvalue weighted by Crippen LogP contribution is -2.48.